The minimum atomic E-state index is -4.88. The van der Waals surface area contributed by atoms with E-state index in [1.54, 1.807) is 30.3 Å². The lowest BCUT2D eigenvalue weighted by Gasteiger charge is -2.14. The van der Waals surface area contributed by atoms with Gasteiger partial charge in [0.05, 0.1) is 17.7 Å². The van der Waals surface area contributed by atoms with E-state index in [1.807, 2.05) is 0 Å². The minimum Gasteiger partial charge on any atom is -0.465 e. The van der Waals surface area contributed by atoms with Crippen LogP contribution in [0, 0.1) is 5.82 Å². The van der Waals surface area contributed by atoms with Gasteiger partial charge in [0, 0.05) is 17.4 Å². The third kappa shape index (κ3) is 3.55. The molecule has 0 unspecified atom stereocenters. The number of benzene rings is 2. The number of hydrogen-bond acceptors (Lipinski definition) is 2. The van der Waals surface area contributed by atoms with Crippen LogP contribution < -0.4 is 0 Å². The summed E-state index contributed by atoms with van der Waals surface area (Å²) in [6, 6.07) is 11.3. The average molecular weight is 398 g/mol. The van der Waals surface area contributed by atoms with Crippen molar-refractivity contribution in [2.45, 2.75) is 6.18 Å². The number of esters is 1. The highest BCUT2D eigenvalue weighted by molar-refractivity contribution is 6.30. The number of hydrogen-bond donors (Lipinski definition) is 0. The molecule has 27 heavy (non-hydrogen) atoms. The molecule has 0 saturated heterocycles. The Kier molecular flexibility index (Phi) is 4.97. The summed E-state index contributed by atoms with van der Waals surface area (Å²) in [5.41, 5.74) is -1.46. The van der Waals surface area contributed by atoms with Crippen molar-refractivity contribution in [1.29, 1.82) is 0 Å². The van der Waals surface area contributed by atoms with Crippen LogP contribution in [0.4, 0.5) is 17.6 Å². The van der Waals surface area contributed by atoms with E-state index in [2.05, 4.69) is 4.74 Å². The first-order valence-electron chi connectivity index (χ1n) is 7.65. The molecule has 0 aliphatic rings. The molecule has 1 aromatic heterocycles. The van der Waals surface area contributed by atoms with E-state index < -0.39 is 29.2 Å². The molecule has 0 bridgehead atoms. The first-order valence-corrected chi connectivity index (χ1v) is 8.03. The Morgan fingerprint density at radius 2 is 1.78 bits per heavy atom. The molecule has 0 radical (unpaired) electrons. The Morgan fingerprint density at radius 1 is 1.11 bits per heavy atom. The second kappa shape index (κ2) is 7.08. The fourth-order valence-corrected chi connectivity index (χ4v) is 2.94. The van der Waals surface area contributed by atoms with Gasteiger partial charge in [-0.05, 0) is 23.8 Å². The summed E-state index contributed by atoms with van der Waals surface area (Å²) in [6.07, 6.45) is -3.72. The summed E-state index contributed by atoms with van der Waals surface area (Å²) in [5.74, 6) is -1.90. The summed E-state index contributed by atoms with van der Waals surface area (Å²) in [6.45, 7) is 0. The van der Waals surface area contributed by atoms with Gasteiger partial charge in [0.1, 0.15) is 11.5 Å². The molecular weight excluding hydrogens is 386 g/mol. The minimum absolute atomic E-state index is 0.0372. The Hall–Kier alpha value is -2.80. The smallest absolute Gasteiger partial charge is 0.432 e. The van der Waals surface area contributed by atoms with Gasteiger partial charge in [-0.2, -0.15) is 13.2 Å². The molecule has 8 heteroatoms. The maximum absolute atomic E-state index is 13.9. The van der Waals surface area contributed by atoms with E-state index in [-0.39, 0.29) is 16.3 Å². The topological polar surface area (TPSA) is 31.2 Å². The lowest BCUT2D eigenvalue weighted by molar-refractivity contribution is -0.142. The number of nitrogens with zero attached hydrogens (tertiary/aromatic N) is 1. The predicted molar refractivity (Wildman–Crippen MR) is 92.5 cm³/mol. The highest BCUT2D eigenvalue weighted by Crippen LogP contribution is 2.40. The third-order valence-electron chi connectivity index (χ3n) is 3.93. The Morgan fingerprint density at radius 3 is 2.33 bits per heavy atom. The normalized spacial score (nSPS) is 11.5. The molecule has 140 valence electrons. The van der Waals surface area contributed by atoms with Crippen LogP contribution in [0.3, 0.4) is 0 Å². The summed E-state index contributed by atoms with van der Waals surface area (Å²) >= 11 is 5.72. The van der Waals surface area contributed by atoms with Crippen LogP contribution in [0.5, 0.6) is 0 Å². The van der Waals surface area contributed by atoms with Crippen LogP contribution in [0.1, 0.15) is 16.1 Å². The largest absolute Gasteiger partial charge is 0.465 e. The summed E-state index contributed by atoms with van der Waals surface area (Å²) in [4.78, 5) is 12.2. The van der Waals surface area contributed by atoms with Gasteiger partial charge >= 0.3 is 12.1 Å². The summed E-state index contributed by atoms with van der Waals surface area (Å²) in [5, 5.41) is -0.338. The number of aromatic nitrogens is 1. The van der Waals surface area contributed by atoms with Gasteiger partial charge in [-0.25, -0.2) is 9.18 Å². The van der Waals surface area contributed by atoms with Crippen molar-refractivity contribution in [3.63, 3.8) is 0 Å². The van der Waals surface area contributed by atoms with Crippen molar-refractivity contribution in [1.82, 2.24) is 4.57 Å². The number of ether oxygens (including phenoxy) is 1. The number of alkyl halides is 3. The van der Waals surface area contributed by atoms with Crippen LogP contribution in [0.2, 0.25) is 5.02 Å². The maximum Gasteiger partial charge on any atom is 0.432 e. The van der Waals surface area contributed by atoms with Crippen LogP contribution in [0.25, 0.3) is 16.8 Å². The van der Waals surface area contributed by atoms with Crippen LogP contribution in [0.15, 0.2) is 54.7 Å². The monoisotopic (exact) mass is 397 g/mol. The van der Waals surface area contributed by atoms with E-state index in [4.69, 9.17) is 11.6 Å². The quantitative estimate of drug-likeness (QED) is 0.416. The number of methoxy groups -OCH3 is 1. The summed E-state index contributed by atoms with van der Waals surface area (Å²) < 4.78 is 60.4. The van der Waals surface area contributed by atoms with Crippen LogP contribution >= 0.6 is 11.6 Å². The zero-order valence-electron chi connectivity index (χ0n) is 13.8. The molecule has 3 rings (SSSR count). The van der Waals surface area contributed by atoms with Crippen LogP contribution in [-0.2, 0) is 10.9 Å². The SMILES string of the molecule is COC(=O)c1c(-c2ccccc2)cn(-c2ccc(F)c(Cl)c2)c1C(F)(F)F. The van der Waals surface area contributed by atoms with Crippen molar-refractivity contribution in [3.8, 4) is 16.8 Å². The van der Waals surface area contributed by atoms with E-state index in [0.717, 1.165) is 36.1 Å². The Labute approximate surface area is 156 Å². The van der Waals surface area contributed by atoms with Crippen molar-refractivity contribution in [2.75, 3.05) is 7.11 Å². The van der Waals surface area contributed by atoms with Gasteiger partial charge in [0.25, 0.3) is 0 Å². The highest BCUT2D eigenvalue weighted by atomic mass is 35.5. The lowest BCUT2D eigenvalue weighted by atomic mass is 10.0. The standard InChI is InChI=1S/C19H12ClF4NO2/c1-27-18(26)16-13(11-5-3-2-4-6-11)10-25(17(16)19(22,23)24)12-7-8-15(21)14(20)9-12/h2-10H,1H3. The van der Waals surface area contributed by atoms with Crippen molar-refractivity contribution in [2.24, 2.45) is 0 Å². The molecule has 0 spiro atoms. The van der Waals surface area contributed by atoms with E-state index in [9.17, 15) is 22.4 Å². The van der Waals surface area contributed by atoms with E-state index in [1.165, 1.54) is 0 Å². The third-order valence-corrected chi connectivity index (χ3v) is 4.22. The predicted octanol–water partition coefficient (Wildman–Crippen LogP) is 5.74. The zero-order valence-corrected chi connectivity index (χ0v) is 14.6. The fraction of sp³-hybridized carbons (Fsp3) is 0.105. The van der Waals surface area contributed by atoms with Gasteiger partial charge in [-0.1, -0.05) is 41.9 Å². The second-order valence-electron chi connectivity index (χ2n) is 5.59. The fourth-order valence-electron chi connectivity index (χ4n) is 2.77. The number of halogens is 5. The molecule has 3 nitrogen and oxygen atoms in total. The van der Waals surface area contributed by atoms with Crippen LogP contribution in [-0.4, -0.2) is 17.6 Å². The average Bonchev–Trinajstić information content (AvgIpc) is 3.05. The molecule has 2 aromatic carbocycles. The molecule has 0 aliphatic carbocycles. The molecule has 3 aromatic rings. The lowest BCUT2D eigenvalue weighted by Crippen LogP contribution is -2.17. The van der Waals surface area contributed by atoms with Gasteiger partial charge < -0.3 is 9.30 Å². The van der Waals surface area contributed by atoms with Gasteiger partial charge in [0.2, 0.25) is 0 Å². The molecule has 1 heterocycles. The Bertz CT molecular complexity index is 997. The van der Waals surface area contributed by atoms with E-state index in [0.29, 0.717) is 5.56 Å². The molecule has 0 aliphatic heterocycles. The Balaban J connectivity index is 2.38. The van der Waals surface area contributed by atoms with Crippen molar-refractivity contribution < 1.29 is 27.1 Å². The first-order chi connectivity index (χ1) is 12.7. The van der Waals surface area contributed by atoms with Gasteiger partial charge in [0.15, 0.2) is 0 Å². The highest BCUT2D eigenvalue weighted by Gasteiger charge is 2.42. The molecule has 0 atom stereocenters. The maximum atomic E-state index is 13.9. The number of carbonyl (C=O) groups excluding carboxylic acids is 1. The van der Waals surface area contributed by atoms with E-state index >= 15 is 0 Å². The molecule has 0 saturated carbocycles. The second-order valence-corrected chi connectivity index (χ2v) is 6.00. The van der Waals surface area contributed by atoms with Crippen molar-refractivity contribution in [3.05, 3.63) is 76.8 Å². The first kappa shape index (κ1) is 19.0. The summed E-state index contributed by atoms with van der Waals surface area (Å²) in [7, 11) is 1.00. The number of rotatable bonds is 3. The molecule has 0 N–H and O–H groups in total. The molecular formula is C19H12ClF4NO2. The van der Waals surface area contributed by atoms with Crippen molar-refractivity contribution >= 4 is 17.6 Å². The molecule has 0 amide bonds. The van der Waals surface area contributed by atoms with Gasteiger partial charge in [-0.3, -0.25) is 0 Å². The zero-order chi connectivity index (χ0) is 19.8. The van der Waals surface area contributed by atoms with Gasteiger partial charge in [-0.15, -0.1) is 0 Å². The molecule has 0 fully saturated rings. The number of carbonyl (C=O) groups is 1.